The number of alkyl halides is 3. The van der Waals surface area contributed by atoms with Gasteiger partial charge in [-0.3, -0.25) is 0 Å². The number of rotatable bonds is 5. The van der Waals surface area contributed by atoms with Crippen LogP contribution < -0.4 is 5.32 Å². The first kappa shape index (κ1) is 15.9. The van der Waals surface area contributed by atoms with Crippen molar-refractivity contribution in [2.75, 3.05) is 5.32 Å². The van der Waals surface area contributed by atoms with Crippen LogP contribution in [0.15, 0.2) is 35.2 Å². The maximum atomic E-state index is 12.7. The molecule has 1 aromatic carbocycles. The minimum Gasteiger partial charge on any atom is -0.378 e. The summed E-state index contributed by atoms with van der Waals surface area (Å²) in [5.41, 5.74) is 0.672. The third-order valence-electron chi connectivity index (χ3n) is 3.02. The quantitative estimate of drug-likeness (QED) is 0.837. The van der Waals surface area contributed by atoms with Gasteiger partial charge < -0.3 is 9.88 Å². The Labute approximate surface area is 129 Å². The van der Waals surface area contributed by atoms with Crippen LogP contribution in [0.25, 0.3) is 0 Å². The number of nitrogens with zero attached hydrogens (tertiary/aromatic N) is 2. The number of aryl methyl sites for hydroxylation is 1. The maximum Gasteiger partial charge on any atom is 0.416 e. The standard InChI is InChI=1S/C14H15BrF3N3/c1-2-5-21-9-19-7-11(21)8-20-13-6-10(14(16,17)18)3-4-12(13)15/h3-4,6-7,9,20H,2,5,8H2,1H3. The van der Waals surface area contributed by atoms with Gasteiger partial charge in [0, 0.05) is 22.9 Å². The average Bonchev–Trinajstić information content (AvgIpc) is 2.84. The molecular weight excluding hydrogens is 347 g/mol. The Morgan fingerprint density at radius 1 is 1.33 bits per heavy atom. The van der Waals surface area contributed by atoms with E-state index in [1.165, 1.54) is 6.07 Å². The van der Waals surface area contributed by atoms with Crippen LogP contribution in [0, 0.1) is 0 Å². The highest BCUT2D eigenvalue weighted by molar-refractivity contribution is 9.10. The van der Waals surface area contributed by atoms with Crippen molar-refractivity contribution in [3.05, 3.63) is 46.5 Å². The zero-order valence-electron chi connectivity index (χ0n) is 11.4. The summed E-state index contributed by atoms with van der Waals surface area (Å²) in [6.45, 7) is 3.31. The number of anilines is 1. The van der Waals surface area contributed by atoms with E-state index in [-0.39, 0.29) is 0 Å². The minimum atomic E-state index is -4.35. The van der Waals surface area contributed by atoms with Gasteiger partial charge >= 0.3 is 6.18 Å². The maximum absolute atomic E-state index is 12.7. The smallest absolute Gasteiger partial charge is 0.378 e. The molecule has 0 aliphatic rings. The van der Waals surface area contributed by atoms with Crippen molar-refractivity contribution in [3.63, 3.8) is 0 Å². The Balaban J connectivity index is 2.14. The van der Waals surface area contributed by atoms with Gasteiger partial charge in [-0.05, 0) is 40.5 Å². The fourth-order valence-electron chi connectivity index (χ4n) is 1.96. The van der Waals surface area contributed by atoms with Gasteiger partial charge in [0.2, 0.25) is 0 Å². The van der Waals surface area contributed by atoms with E-state index < -0.39 is 11.7 Å². The summed E-state index contributed by atoms with van der Waals surface area (Å²) >= 11 is 3.26. The molecule has 21 heavy (non-hydrogen) atoms. The molecule has 0 unspecified atom stereocenters. The molecule has 0 amide bonds. The third kappa shape index (κ3) is 4.00. The second-order valence-electron chi connectivity index (χ2n) is 4.62. The highest BCUT2D eigenvalue weighted by atomic mass is 79.9. The molecule has 0 bridgehead atoms. The molecular formula is C14H15BrF3N3. The van der Waals surface area contributed by atoms with Gasteiger partial charge in [-0.2, -0.15) is 13.2 Å². The van der Waals surface area contributed by atoms with E-state index in [0.717, 1.165) is 30.8 Å². The predicted molar refractivity (Wildman–Crippen MR) is 79.0 cm³/mol. The molecule has 0 aliphatic heterocycles. The molecule has 114 valence electrons. The number of hydrogen-bond donors (Lipinski definition) is 1. The van der Waals surface area contributed by atoms with Crippen LogP contribution in [-0.4, -0.2) is 9.55 Å². The highest BCUT2D eigenvalue weighted by Gasteiger charge is 2.30. The molecule has 0 spiro atoms. The van der Waals surface area contributed by atoms with Crippen LogP contribution in [0.2, 0.25) is 0 Å². The summed E-state index contributed by atoms with van der Waals surface area (Å²) in [5, 5.41) is 3.02. The summed E-state index contributed by atoms with van der Waals surface area (Å²) < 4.78 is 40.7. The van der Waals surface area contributed by atoms with Crippen molar-refractivity contribution >= 4 is 21.6 Å². The van der Waals surface area contributed by atoms with Crippen LogP contribution in [0.1, 0.15) is 24.6 Å². The predicted octanol–water partition coefficient (Wildman–Crippen LogP) is 4.69. The Morgan fingerprint density at radius 3 is 2.76 bits per heavy atom. The molecule has 0 radical (unpaired) electrons. The Morgan fingerprint density at radius 2 is 2.10 bits per heavy atom. The van der Waals surface area contributed by atoms with E-state index >= 15 is 0 Å². The van der Waals surface area contributed by atoms with E-state index in [9.17, 15) is 13.2 Å². The molecule has 0 aliphatic carbocycles. The van der Waals surface area contributed by atoms with E-state index in [1.54, 1.807) is 12.5 Å². The zero-order chi connectivity index (χ0) is 15.5. The van der Waals surface area contributed by atoms with Gasteiger partial charge in [-0.15, -0.1) is 0 Å². The fourth-order valence-corrected chi connectivity index (χ4v) is 2.35. The molecule has 2 rings (SSSR count). The average molecular weight is 362 g/mol. The van der Waals surface area contributed by atoms with E-state index in [1.807, 2.05) is 4.57 Å². The van der Waals surface area contributed by atoms with E-state index in [2.05, 4.69) is 33.2 Å². The number of halogens is 4. The van der Waals surface area contributed by atoms with Crippen LogP contribution in [-0.2, 0) is 19.3 Å². The van der Waals surface area contributed by atoms with Crippen LogP contribution in [0.3, 0.4) is 0 Å². The number of aromatic nitrogens is 2. The second-order valence-corrected chi connectivity index (χ2v) is 5.48. The monoisotopic (exact) mass is 361 g/mol. The van der Waals surface area contributed by atoms with Crippen LogP contribution >= 0.6 is 15.9 Å². The molecule has 0 saturated heterocycles. The lowest BCUT2D eigenvalue weighted by atomic mass is 10.2. The van der Waals surface area contributed by atoms with Gasteiger partial charge in [0.25, 0.3) is 0 Å². The van der Waals surface area contributed by atoms with Crippen LogP contribution in [0.4, 0.5) is 18.9 Å². The largest absolute Gasteiger partial charge is 0.416 e. The van der Waals surface area contributed by atoms with Gasteiger partial charge in [0.15, 0.2) is 0 Å². The summed E-state index contributed by atoms with van der Waals surface area (Å²) in [4.78, 5) is 4.06. The lowest BCUT2D eigenvalue weighted by molar-refractivity contribution is -0.137. The molecule has 0 atom stereocenters. The summed E-state index contributed by atoms with van der Waals surface area (Å²) in [6, 6.07) is 3.55. The summed E-state index contributed by atoms with van der Waals surface area (Å²) in [7, 11) is 0. The normalized spacial score (nSPS) is 11.7. The summed E-state index contributed by atoms with van der Waals surface area (Å²) in [6.07, 6.45) is 0.0591. The lowest BCUT2D eigenvalue weighted by Gasteiger charge is -2.13. The number of nitrogens with one attached hydrogen (secondary N) is 1. The molecule has 3 nitrogen and oxygen atoms in total. The van der Waals surface area contributed by atoms with Crippen molar-refractivity contribution in [1.29, 1.82) is 0 Å². The van der Waals surface area contributed by atoms with Crippen molar-refractivity contribution in [1.82, 2.24) is 9.55 Å². The van der Waals surface area contributed by atoms with Gasteiger partial charge in [-0.25, -0.2) is 4.98 Å². The van der Waals surface area contributed by atoms with Crippen molar-refractivity contribution in [3.8, 4) is 0 Å². The second kappa shape index (κ2) is 6.51. The van der Waals surface area contributed by atoms with Crippen LogP contribution in [0.5, 0.6) is 0 Å². The van der Waals surface area contributed by atoms with Gasteiger partial charge in [0.05, 0.1) is 24.1 Å². The topological polar surface area (TPSA) is 29.9 Å². The molecule has 1 heterocycles. The van der Waals surface area contributed by atoms with Gasteiger partial charge in [-0.1, -0.05) is 6.92 Å². The number of hydrogen-bond acceptors (Lipinski definition) is 2. The molecule has 7 heteroatoms. The fraction of sp³-hybridized carbons (Fsp3) is 0.357. The molecule has 0 fully saturated rings. The van der Waals surface area contributed by atoms with Gasteiger partial charge in [0.1, 0.15) is 0 Å². The molecule has 1 aromatic heterocycles. The lowest BCUT2D eigenvalue weighted by Crippen LogP contribution is -2.09. The summed E-state index contributed by atoms with van der Waals surface area (Å²) in [5.74, 6) is 0. The first-order chi connectivity index (χ1) is 9.91. The number of imidazole rings is 1. The first-order valence-corrected chi connectivity index (χ1v) is 7.30. The zero-order valence-corrected chi connectivity index (χ0v) is 13.0. The Bertz CT molecular complexity index is 608. The SMILES string of the molecule is CCCn1cncc1CNc1cc(C(F)(F)F)ccc1Br. The molecule has 2 aromatic rings. The highest BCUT2D eigenvalue weighted by Crippen LogP contribution is 2.34. The minimum absolute atomic E-state index is 0.411. The third-order valence-corrected chi connectivity index (χ3v) is 3.71. The number of benzene rings is 1. The van der Waals surface area contributed by atoms with Crippen molar-refractivity contribution < 1.29 is 13.2 Å². The Hall–Kier alpha value is -1.50. The van der Waals surface area contributed by atoms with E-state index in [0.29, 0.717) is 16.7 Å². The Kier molecular flexibility index (Phi) is 4.92. The molecule has 1 N–H and O–H groups in total. The molecule has 0 saturated carbocycles. The first-order valence-electron chi connectivity index (χ1n) is 6.51. The van der Waals surface area contributed by atoms with E-state index in [4.69, 9.17) is 0 Å². The van der Waals surface area contributed by atoms with Crippen molar-refractivity contribution in [2.45, 2.75) is 32.6 Å². The van der Waals surface area contributed by atoms with Crippen molar-refractivity contribution in [2.24, 2.45) is 0 Å².